The Morgan fingerprint density at radius 3 is 2.69 bits per heavy atom. The lowest BCUT2D eigenvalue weighted by Crippen LogP contribution is -2.08. The van der Waals surface area contributed by atoms with Gasteiger partial charge in [0.05, 0.1) is 6.04 Å². The van der Waals surface area contributed by atoms with Crippen LogP contribution in [0.2, 0.25) is 0 Å². The Morgan fingerprint density at radius 2 is 2.15 bits per heavy atom. The summed E-state index contributed by atoms with van der Waals surface area (Å²) in [5.41, 5.74) is 0. The van der Waals surface area contributed by atoms with Crippen LogP contribution in [0.5, 0.6) is 0 Å². The molecule has 0 bridgehead atoms. The molecular weight excluding hydrogens is 160 g/mol. The molecule has 0 radical (unpaired) electrons. The summed E-state index contributed by atoms with van der Waals surface area (Å²) < 4.78 is 2.09. The van der Waals surface area contributed by atoms with Crippen LogP contribution in [0.1, 0.15) is 52.0 Å². The molecule has 0 aliphatic rings. The predicted molar refractivity (Wildman–Crippen MR) is 55.7 cm³/mol. The number of nitrogens with zero attached hydrogens (tertiary/aromatic N) is 2. The van der Waals surface area contributed by atoms with E-state index >= 15 is 0 Å². The van der Waals surface area contributed by atoms with Crippen molar-refractivity contribution in [3.63, 3.8) is 0 Å². The van der Waals surface area contributed by atoms with Crippen molar-refractivity contribution >= 4 is 0 Å². The van der Waals surface area contributed by atoms with E-state index in [1.165, 1.54) is 32.1 Å². The lowest BCUT2D eigenvalue weighted by atomic mass is 10.1. The molecule has 0 aliphatic carbocycles. The number of hydrogen-bond donors (Lipinski definition) is 0. The average molecular weight is 180 g/mol. The molecule has 1 atom stereocenters. The van der Waals surface area contributed by atoms with Crippen molar-refractivity contribution in [3.05, 3.63) is 18.5 Å². The molecular formula is C11H20N2. The molecule has 2 heteroatoms. The number of unbranched alkanes of at least 4 members (excludes halogenated alkanes) is 2. The number of hydrogen-bond acceptors (Lipinski definition) is 1. The summed E-state index contributed by atoms with van der Waals surface area (Å²) in [6.45, 7) is 4.48. The lowest BCUT2D eigenvalue weighted by Gasteiger charge is -2.14. The molecule has 13 heavy (non-hydrogen) atoms. The van der Waals surface area contributed by atoms with E-state index in [0.29, 0.717) is 6.04 Å². The van der Waals surface area contributed by atoms with Gasteiger partial charge in [0.1, 0.15) is 0 Å². The van der Waals surface area contributed by atoms with Gasteiger partial charge in [-0.3, -0.25) is 4.68 Å². The van der Waals surface area contributed by atoms with Crippen molar-refractivity contribution < 1.29 is 0 Å². The van der Waals surface area contributed by atoms with Crippen molar-refractivity contribution in [1.82, 2.24) is 9.78 Å². The van der Waals surface area contributed by atoms with Gasteiger partial charge in [-0.2, -0.15) is 5.10 Å². The summed E-state index contributed by atoms with van der Waals surface area (Å²) in [6, 6.07) is 2.62. The first-order valence-electron chi connectivity index (χ1n) is 5.37. The van der Waals surface area contributed by atoms with E-state index in [1.54, 1.807) is 0 Å². The summed E-state index contributed by atoms with van der Waals surface area (Å²) in [4.78, 5) is 0. The molecule has 0 aromatic carbocycles. The van der Waals surface area contributed by atoms with Crippen molar-refractivity contribution in [2.24, 2.45) is 0 Å². The summed E-state index contributed by atoms with van der Waals surface area (Å²) in [5.74, 6) is 0. The first kappa shape index (κ1) is 10.3. The van der Waals surface area contributed by atoms with Crippen LogP contribution in [0.3, 0.4) is 0 Å². The highest BCUT2D eigenvalue weighted by atomic mass is 15.3. The molecule has 0 saturated carbocycles. The number of aromatic nitrogens is 2. The van der Waals surface area contributed by atoms with Gasteiger partial charge in [0, 0.05) is 12.4 Å². The van der Waals surface area contributed by atoms with E-state index in [2.05, 4.69) is 29.8 Å². The zero-order valence-corrected chi connectivity index (χ0v) is 8.74. The van der Waals surface area contributed by atoms with Gasteiger partial charge in [0.25, 0.3) is 0 Å². The van der Waals surface area contributed by atoms with Crippen LogP contribution >= 0.6 is 0 Å². The molecule has 0 amide bonds. The largest absolute Gasteiger partial charge is 0.270 e. The Hall–Kier alpha value is -0.790. The Balaban J connectivity index is 2.35. The van der Waals surface area contributed by atoms with Gasteiger partial charge >= 0.3 is 0 Å². The first-order valence-corrected chi connectivity index (χ1v) is 5.37. The van der Waals surface area contributed by atoms with Crippen LogP contribution in [0.25, 0.3) is 0 Å². The maximum Gasteiger partial charge on any atom is 0.0516 e. The minimum absolute atomic E-state index is 0.613. The zero-order chi connectivity index (χ0) is 9.52. The summed E-state index contributed by atoms with van der Waals surface area (Å²) in [6.07, 6.45) is 10.4. The van der Waals surface area contributed by atoms with Crippen LogP contribution < -0.4 is 0 Å². The van der Waals surface area contributed by atoms with Gasteiger partial charge in [-0.05, 0) is 18.9 Å². The zero-order valence-electron chi connectivity index (χ0n) is 8.74. The fraction of sp³-hybridized carbons (Fsp3) is 0.727. The topological polar surface area (TPSA) is 17.8 Å². The van der Waals surface area contributed by atoms with Crippen LogP contribution in [0, 0.1) is 0 Å². The molecule has 1 heterocycles. The molecule has 1 aromatic heterocycles. The van der Waals surface area contributed by atoms with Crippen LogP contribution in [-0.4, -0.2) is 9.78 Å². The molecule has 1 aromatic rings. The minimum atomic E-state index is 0.613. The van der Waals surface area contributed by atoms with Crippen molar-refractivity contribution in [3.8, 4) is 0 Å². The molecule has 0 saturated heterocycles. The minimum Gasteiger partial charge on any atom is -0.270 e. The maximum atomic E-state index is 4.28. The highest BCUT2D eigenvalue weighted by Gasteiger charge is 2.06. The van der Waals surface area contributed by atoms with Crippen LogP contribution in [0.4, 0.5) is 0 Å². The predicted octanol–water partition coefficient (Wildman–Crippen LogP) is 3.41. The molecule has 1 rings (SSSR count). The van der Waals surface area contributed by atoms with E-state index in [9.17, 15) is 0 Å². The van der Waals surface area contributed by atoms with E-state index in [1.807, 2.05) is 12.3 Å². The second kappa shape index (κ2) is 5.79. The first-order chi connectivity index (χ1) is 6.38. The van der Waals surface area contributed by atoms with Crippen molar-refractivity contribution in [2.45, 2.75) is 52.0 Å². The second-order valence-corrected chi connectivity index (χ2v) is 3.54. The summed E-state index contributed by atoms with van der Waals surface area (Å²) in [5, 5.41) is 4.28. The molecule has 0 N–H and O–H groups in total. The van der Waals surface area contributed by atoms with Crippen molar-refractivity contribution in [1.29, 1.82) is 0 Å². The van der Waals surface area contributed by atoms with Gasteiger partial charge in [-0.15, -0.1) is 0 Å². The Kier molecular flexibility index (Phi) is 4.58. The quantitative estimate of drug-likeness (QED) is 0.613. The molecule has 0 aliphatic heterocycles. The van der Waals surface area contributed by atoms with Crippen LogP contribution in [-0.2, 0) is 0 Å². The normalized spacial score (nSPS) is 13.1. The van der Waals surface area contributed by atoms with Gasteiger partial charge in [0.15, 0.2) is 0 Å². The van der Waals surface area contributed by atoms with E-state index in [0.717, 1.165) is 0 Å². The fourth-order valence-corrected chi connectivity index (χ4v) is 1.65. The number of rotatable bonds is 6. The van der Waals surface area contributed by atoms with E-state index < -0.39 is 0 Å². The van der Waals surface area contributed by atoms with Crippen LogP contribution in [0.15, 0.2) is 18.5 Å². The van der Waals surface area contributed by atoms with Gasteiger partial charge in [-0.25, -0.2) is 0 Å². The third-order valence-electron chi connectivity index (χ3n) is 2.51. The van der Waals surface area contributed by atoms with Crippen molar-refractivity contribution in [2.75, 3.05) is 0 Å². The molecule has 74 valence electrons. The van der Waals surface area contributed by atoms with Gasteiger partial charge in [0.2, 0.25) is 0 Å². The van der Waals surface area contributed by atoms with Gasteiger partial charge in [-0.1, -0.05) is 33.1 Å². The maximum absolute atomic E-state index is 4.28. The third kappa shape index (κ3) is 3.21. The SMILES string of the molecule is CCCCCC(CC)n1cccn1. The summed E-state index contributed by atoms with van der Waals surface area (Å²) in [7, 11) is 0. The Labute approximate surface area is 81.0 Å². The molecule has 0 fully saturated rings. The molecule has 2 nitrogen and oxygen atoms in total. The monoisotopic (exact) mass is 180 g/mol. The van der Waals surface area contributed by atoms with E-state index in [4.69, 9.17) is 0 Å². The standard InChI is InChI=1S/C11H20N2/c1-3-5-6-8-11(4-2)13-10-7-9-12-13/h7,9-11H,3-6,8H2,1-2H3. The second-order valence-electron chi connectivity index (χ2n) is 3.54. The Bertz CT molecular complexity index is 204. The lowest BCUT2D eigenvalue weighted by molar-refractivity contribution is 0.397. The average Bonchev–Trinajstić information content (AvgIpc) is 2.65. The smallest absolute Gasteiger partial charge is 0.0516 e. The highest BCUT2D eigenvalue weighted by molar-refractivity contribution is 4.81. The fourth-order valence-electron chi connectivity index (χ4n) is 1.65. The molecule has 1 unspecified atom stereocenters. The summed E-state index contributed by atoms with van der Waals surface area (Å²) >= 11 is 0. The highest BCUT2D eigenvalue weighted by Crippen LogP contribution is 2.17. The third-order valence-corrected chi connectivity index (χ3v) is 2.51. The van der Waals surface area contributed by atoms with Gasteiger partial charge < -0.3 is 0 Å². The van der Waals surface area contributed by atoms with E-state index in [-0.39, 0.29) is 0 Å². The molecule has 0 spiro atoms. The Morgan fingerprint density at radius 1 is 1.31 bits per heavy atom.